The Kier molecular flexibility index (Phi) is 3.60. The van der Waals surface area contributed by atoms with Gasteiger partial charge in [-0.2, -0.15) is 0 Å². The minimum Gasteiger partial charge on any atom is -0.481 e. The quantitative estimate of drug-likeness (QED) is 0.860. The zero-order valence-electron chi connectivity index (χ0n) is 10.5. The van der Waals surface area contributed by atoms with Crippen LogP contribution < -0.4 is 4.72 Å². The van der Waals surface area contributed by atoms with Gasteiger partial charge in [0.25, 0.3) is 0 Å². The first-order valence-corrected chi connectivity index (χ1v) is 7.50. The van der Waals surface area contributed by atoms with E-state index in [-0.39, 0.29) is 4.90 Å². The fourth-order valence-corrected chi connectivity index (χ4v) is 3.72. The Morgan fingerprint density at radius 1 is 1.58 bits per heavy atom. The molecule has 2 unspecified atom stereocenters. The fourth-order valence-electron chi connectivity index (χ4n) is 2.37. The molecule has 19 heavy (non-hydrogen) atoms. The third-order valence-electron chi connectivity index (χ3n) is 3.69. The second kappa shape index (κ2) is 4.90. The number of pyridine rings is 1. The van der Waals surface area contributed by atoms with Gasteiger partial charge in [0, 0.05) is 18.4 Å². The third kappa shape index (κ3) is 2.62. The van der Waals surface area contributed by atoms with Crippen LogP contribution in [0.5, 0.6) is 0 Å². The highest BCUT2D eigenvalue weighted by Gasteiger charge is 2.46. The normalized spacial score (nSPS) is 27.3. The zero-order chi connectivity index (χ0) is 14.1. The van der Waals surface area contributed by atoms with Crippen LogP contribution in [-0.2, 0) is 14.8 Å². The molecule has 1 fully saturated rings. The Bertz CT molecular complexity index is 573. The van der Waals surface area contributed by atoms with Gasteiger partial charge in [-0.05, 0) is 31.9 Å². The minimum absolute atomic E-state index is 0.0506. The smallest absolute Gasteiger partial charge is 0.310 e. The summed E-state index contributed by atoms with van der Waals surface area (Å²) in [5.41, 5.74) is -1.05. The van der Waals surface area contributed by atoms with Gasteiger partial charge in [-0.3, -0.25) is 9.78 Å². The number of nitrogens with one attached hydrogen (secondary N) is 1. The number of rotatable bonds is 4. The van der Waals surface area contributed by atoms with Crippen molar-refractivity contribution in [1.29, 1.82) is 0 Å². The number of hydrogen-bond acceptors (Lipinski definition) is 4. The van der Waals surface area contributed by atoms with Crippen molar-refractivity contribution in [3.05, 3.63) is 24.5 Å². The van der Waals surface area contributed by atoms with Gasteiger partial charge in [-0.1, -0.05) is 6.42 Å². The molecular formula is C12H16N2O4S. The van der Waals surface area contributed by atoms with Crippen molar-refractivity contribution in [2.24, 2.45) is 5.41 Å². The van der Waals surface area contributed by atoms with E-state index in [2.05, 4.69) is 9.71 Å². The zero-order valence-corrected chi connectivity index (χ0v) is 11.4. The molecule has 1 aromatic rings. The van der Waals surface area contributed by atoms with E-state index in [9.17, 15) is 18.3 Å². The lowest BCUT2D eigenvalue weighted by Gasteiger charge is -2.27. The maximum atomic E-state index is 12.2. The molecular weight excluding hydrogens is 268 g/mol. The molecule has 2 rings (SSSR count). The van der Waals surface area contributed by atoms with E-state index in [1.165, 1.54) is 24.5 Å². The van der Waals surface area contributed by atoms with Crippen LogP contribution in [0.15, 0.2) is 29.4 Å². The van der Waals surface area contributed by atoms with Crippen molar-refractivity contribution in [2.45, 2.75) is 37.1 Å². The molecule has 7 heteroatoms. The molecule has 0 spiro atoms. The van der Waals surface area contributed by atoms with Crippen LogP contribution in [0.2, 0.25) is 0 Å². The summed E-state index contributed by atoms with van der Waals surface area (Å²) in [5, 5.41) is 9.26. The molecule has 1 saturated carbocycles. The van der Waals surface area contributed by atoms with Gasteiger partial charge in [0.05, 0.1) is 5.41 Å². The van der Waals surface area contributed by atoms with Crippen LogP contribution in [0, 0.1) is 5.41 Å². The second-order valence-corrected chi connectivity index (χ2v) is 6.69. The summed E-state index contributed by atoms with van der Waals surface area (Å²) in [6.45, 7) is 1.58. The summed E-state index contributed by atoms with van der Waals surface area (Å²) in [6.07, 6.45) is 4.43. The van der Waals surface area contributed by atoms with Crippen LogP contribution >= 0.6 is 0 Å². The Labute approximate surface area is 111 Å². The third-order valence-corrected chi connectivity index (χ3v) is 5.15. The average Bonchev–Trinajstić information content (AvgIpc) is 2.73. The van der Waals surface area contributed by atoms with E-state index in [0.29, 0.717) is 19.3 Å². The number of carboxylic acids is 1. The highest BCUT2D eigenvalue weighted by atomic mass is 32.2. The van der Waals surface area contributed by atoms with Gasteiger partial charge in [-0.25, -0.2) is 13.1 Å². The Morgan fingerprint density at radius 2 is 2.32 bits per heavy atom. The van der Waals surface area contributed by atoms with Crippen molar-refractivity contribution in [3.63, 3.8) is 0 Å². The van der Waals surface area contributed by atoms with Crippen molar-refractivity contribution in [3.8, 4) is 0 Å². The maximum Gasteiger partial charge on any atom is 0.310 e. The van der Waals surface area contributed by atoms with E-state index in [4.69, 9.17) is 0 Å². The first-order valence-electron chi connectivity index (χ1n) is 6.02. The van der Waals surface area contributed by atoms with Gasteiger partial charge < -0.3 is 5.11 Å². The first-order chi connectivity index (χ1) is 8.86. The second-order valence-electron chi connectivity index (χ2n) is 4.98. The van der Waals surface area contributed by atoms with E-state index in [1.54, 1.807) is 6.92 Å². The first kappa shape index (κ1) is 14.0. The molecule has 6 nitrogen and oxygen atoms in total. The molecule has 0 radical (unpaired) electrons. The number of sulfonamides is 1. The van der Waals surface area contributed by atoms with E-state index < -0.39 is 27.4 Å². The molecule has 104 valence electrons. The number of nitrogens with zero attached hydrogens (tertiary/aromatic N) is 1. The summed E-state index contributed by atoms with van der Waals surface area (Å²) in [6, 6.07) is 2.37. The van der Waals surface area contributed by atoms with Crippen molar-refractivity contribution < 1.29 is 18.3 Å². The topological polar surface area (TPSA) is 96.4 Å². The Morgan fingerprint density at radius 3 is 2.89 bits per heavy atom. The number of carbonyl (C=O) groups is 1. The molecule has 2 N–H and O–H groups in total. The summed E-state index contributed by atoms with van der Waals surface area (Å²) in [7, 11) is -3.72. The minimum atomic E-state index is -3.72. The molecule has 0 aromatic carbocycles. The Balaban J connectivity index is 2.24. The van der Waals surface area contributed by atoms with Crippen molar-refractivity contribution in [1.82, 2.24) is 9.71 Å². The summed E-state index contributed by atoms with van der Waals surface area (Å²) < 4.78 is 26.8. The molecule has 1 aliphatic rings. The lowest BCUT2D eigenvalue weighted by molar-refractivity contribution is -0.148. The number of hydrogen-bond donors (Lipinski definition) is 2. The highest BCUT2D eigenvalue weighted by Crippen LogP contribution is 2.38. The Hall–Kier alpha value is -1.47. The number of aromatic nitrogens is 1. The lowest BCUT2D eigenvalue weighted by atomic mass is 9.85. The van der Waals surface area contributed by atoms with Gasteiger partial charge in [0.15, 0.2) is 0 Å². The molecule has 0 amide bonds. The SMILES string of the molecule is CC1(C(=O)O)CCCC1NS(=O)(=O)c1cccnc1. The molecule has 0 saturated heterocycles. The molecule has 1 aliphatic carbocycles. The van der Waals surface area contributed by atoms with E-state index in [1.807, 2.05) is 0 Å². The van der Waals surface area contributed by atoms with Crippen molar-refractivity contribution >= 4 is 16.0 Å². The molecule has 2 atom stereocenters. The van der Waals surface area contributed by atoms with E-state index >= 15 is 0 Å². The monoisotopic (exact) mass is 284 g/mol. The largest absolute Gasteiger partial charge is 0.481 e. The molecule has 0 aliphatic heterocycles. The number of aliphatic carboxylic acids is 1. The summed E-state index contributed by atoms with van der Waals surface area (Å²) in [5.74, 6) is -0.969. The van der Waals surface area contributed by atoms with Crippen molar-refractivity contribution in [2.75, 3.05) is 0 Å². The molecule has 1 heterocycles. The van der Waals surface area contributed by atoms with Gasteiger partial charge in [-0.15, -0.1) is 0 Å². The predicted octanol–water partition coefficient (Wildman–Crippen LogP) is 1.00. The van der Waals surface area contributed by atoms with Gasteiger partial charge >= 0.3 is 5.97 Å². The molecule has 0 bridgehead atoms. The standard InChI is InChI=1S/C12H16N2O4S/c1-12(11(15)16)6-2-5-10(12)14-19(17,18)9-4-3-7-13-8-9/h3-4,7-8,10,14H,2,5-6H2,1H3,(H,15,16). The van der Waals surface area contributed by atoms with Crippen LogP contribution in [0.3, 0.4) is 0 Å². The van der Waals surface area contributed by atoms with Crippen LogP contribution in [0.25, 0.3) is 0 Å². The molecule has 1 aromatic heterocycles. The highest BCUT2D eigenvalue weighted by molar-refractivity contribution is 7.89. The van der Waals surface area contributed by atoms with Crippen LogP contribution in [0.1, 0.15) is 26.2 Å². The van der Waals surface area contributed by atoms with Crippen LogP contribution in [0.4, 0.5) is 0 Å². The fraction of sp³-hybridized carbons (Fsp3) is 0.500. The predicted molar refractivity (Wildman–Crippen MR) is 67.9 cm³/mol. The van der Waals surface area contributed by atoms with Crippen LogP contribution in [-0.4, -0.2) is 30.5 Å². The summed E-state index contributed by atoms with van der Waals surface area (Å²) in [4.78, 5) is 15.1. The van der Waals surface area contributed by atoms with Gasteiger partial charge in [0.1, 0.15) is 4.90 Å². The van der Waals surface area contributed by atoms with E-state index in [0.717, 1.165) is 0 Å². The lowest BCUT2D eigenvalue weighted by Crippen LogP contribution is -2.46. The number of carboxylic acid groups (broad SMARTS) is 1. The average molecular weight is 284 g/mol. The maximum absolute atomic E-state index is 12.2. The van der Waals surface area contributed by atoms with Gasteiger partial charge in [0.2, 0.25) is 10.0 Å². The summed E-state index contributed by atoms with van der Waals surface area (Å²) >= 11 is 0.